The second-order valence-corrected chi connectivity index (χ2v) is 9.20. The van der Waals surface area contributed by atoms with Gasteiger partial charge in [-0.05, 0) is 66.4 Å². The lowest BCUT2D eigenvalue weighted by atomic mass is 10.0. The van der Waals surface area contributed by atoms with Crippen LogP contribution < -0.4 is 15.4 Å². The molecule has 0 saturated carbocycles. The maximum absolute atomic E-state index is 12.9. The maximum atomic E-state index is 12.9. The van der Waals surface area contributed by atoms with E-state index < -0.39 is 6.10 Å². The van der Waals surface area contributed by atoms with E-state index in [1.165, 1.54) is 5.56 Å². The lowest BCUT2D eigenvalue weighted by Crippen LogP contribution is -2.37. The van der Waals surface area contributed by atoms with Crippen LogP contribution in [0.4, 0.5) is 16.2 Å². The van der Waals surface area contributed by atoms with Gasteiger partial charge in [-0.1, -0.05) is 49.7 Å². The normalized spacial score (nSPS) is 15.4. The van der Waals surface area contributed by atoms with E-state index in [2.05, 4.69) is 24.5 Å². The van der Waals surface area contributed by atoms with Gasteiger partial charge in [0.25, 0.3) is 5.91 Å². The molecule has 0 aromatic heterocycles. The van der Waals surface area contributed by atoms with Gasteiger partial charge in [-0.3, -0.25) is 4.79 Å². The highest BCUT2D eigenvalue weighted by Crippen LogP contribution is 2.29. The average molecular weight is 478 g/mol. The lowest BCUT2D eigenvalue weighted by molar-refractivity contribution is -0.138. The van der Waals surface area contributed by atoms with Crippen molar-refractivity contribution < 1.29 is 14.3 Å². The topological polar surface area (TPSA) is 70.7 Å². The molecule has 7 heteroatoms. The van der Waals surface area contributed by atoms with Gasteiger partial charge in [0.2, 0.25) is 0 Å². The Balaban J connectivity index is 1.47. The van der Waals surface area contributed by atoms with Crippen molar-refractivity contribution in [3.05, 3.63) is 88.4 Å². The molecule has 176 valence electrons. The number of anilines is 2. The molecule has 0 fully saturated rings. The molecule has 0 spiro atoms. The summed E-state index contributed by atoms with van der Waals surface area (Å²) in [6, 6.07) is 20.3. The van der Waals surface area contributed by atoms with E-state index in [4.69, 9.17) is 16.3 Å². The molecule has 0 radical (unpaired) electrons. The maximum Gasteiger partial charge on any atom is 0.323 e. The highest BCUT2D eigenvalue weighted by Gasteiger charge is 2.28. The molecule has 0 bridgehead atoms. The van der Waals surface area contributed by atoms with Crippen molar-refractivity contribution in [2.24, 2.45) is 0 Å². The molecular formula is C27H28ClN3O3. The van der Waals surface area contributed by atoms with Crippen molar-refractivity contribution in [2.75, 3.05) is 10.6 Å². The number of carbonyl (C=O) groups is 2. The lowest BCUT2D eigenvalue weighted by Gasteiger charge is -2.22. The SMILES string of the molecule is CC(C)c1ccc(NC(=O)Nc2ccc3c(c2)CN(Cc2ccc(Cl)cc2)C(=O)[C@H](C)O3)cc1. The van der Waals surface area contributed by atoms with Crippen LogP contribution in [0.15, 0.2) is 66.7 Å². The molecule has 2 N–H and O–H groups in total. The number of hydrogen-bond acceptors (Lipinski definition) is 3. The third-order valence-electron chi connectivity index (χ3n) is 5.76. The zero-order valence-corrected chi connectivity index (χ0v) is 20.2. The Morgan fingerprint density at radius 1 is 1.03 bits per heavy atom. The molecular weight excluding hydrogens is 450 g/mol. The minimum atomic E-state index is -0.607. The monoisotopic (exact) mass is 477 g/mol. The zero-order chi connectivity index (χ0) is 24.2. The molecule has 0 unspecified atom stereocenters. The molecule has 0 aliphatic carbocycles. The van der Waals surface area contributed by atoms with Gasteiger partial charge >= 0.3 is 6.03 Å². The second kappa shape index (κ2) is 10.2. The van der Waals surface area contributed by atoms with E-state index in [1.807, 2.05) is 54.6 Å². The number of urea groups is 1. The average Bonchev–Trinajstić information content (AvgIpc) is 2.92. The van der Waals surface area contributed by atoms with Crippen LogP contribution in [0.1, 0.15) is 43.4 Å². The molecule has 34 heavy (non-hydrogen) atoms. The van der Waals surface area contributed by atoms with Crippen LogP contribution in [0.3, 0.4) is 0 Å². The summed E-state index contributed by atoms with van der Waals surface area (Å²) in [6.07, 6.45) is -0.607. The van der Waals surface area contributed by atoms with Gasteiger partial charge in [0.15, 0.2) is 6.10 Å². The number of nitrogens with zero attached hydrogens (tertiary/aromatic N) is 1. The number of ether oxygens (including phenoxy) is 1. The van der Waals surface area contributed by atoms with Crippen molar-refractivity contribution in [1.29, 1.82) is 0 Å². The molecule has 6 nitrogen and oxygen atoms in total. The van der Waals surface area contributed by atoms with E-state index in [9.17, 15) is 9.59 Å². The van der Waals surface area contributed by atoms with Gasteiger partial charge in [-0.15, -0.1) is 0 Å². The predicted molar refractivity (Wildman–Crippen MR) is 135 cm³/mol. The fourth-order valence-corrected chi connectivity index (χ4v) is 3.99. The summed E-state index contributed by atoms with van der Waals surface area (Å²) >= 11 is 5.99. The van der Waals surface area contributed by atoms with Gasteiger partial charge in [-0.25, -0.2) is 4.79 Å². The van der Waals surface area contributed by atoms with Gasteiger partial charge in [0.05, 0.1) is 0 Å². The Morgan fingerprint density at radius 2 is 1.68 bits per heavy atom. The highest BCUT2D eigenvalue weighted by molar-refractivity contribution is 6.30. The minimum Gasteiger partial charge on any atom is -0.481 e. The van der Waals surface area contributed by atoms with Crippen LogP contribution >= 0.6 is 11.6 Å². The van der Waals surface area contributed by atoms with Gasteiger partial charge < -0.3 is 20.3 Å². The molecule has 3 aromatic rings. The molecule has 1 heterocycles. The van der Waals surface area contributed by atoms with E-state index in [-0.39, 0.29) is 11.9 Å². The first-order chi connectivity index (χ1) is 16.3. The second-order valence-electron chi connectivity index (χ2n) is 8.76. The Labute approximate surface area is 204 Å². The first kappa shape index (κ1) is 23.6. The van der Waals surface area contributed by atoms with Crippen molar-refractivity contribution in [2.45, 2.75) is 45.9 Å². The number of halogens is 1. The largest absolute Gasteiger partial charge is 0.481 e. The fraction of sp³-hybridized carbons (Fsp3) is 0.259. The standard InChI is InChI=1S/C27H28ClN3O3/c1-17(2)20-6-10-23(11-7-20)29-27(33)30-24-12-13-25-21(14-24)16-31(26(32)18(3)34-25)15-19-4-8-22(28)9-5-19/h4-14,17-18H,15-16H2,1-3H3,(H2,29,30,33)/t18-/m0/s1. The number of nitrogens with one attached hydrogen (secondary N) is 2. The zero-order valence-electron chi connectivity index (χ0n) is 19.5. The third-order valence-corrected chi connectivity index (χ3v) is 6.02. The van der Waals surface area contributed by atoms with Crippen molar-refractivity contribution in [3.63, 3.8) is 0 Å². The summed E-state index contributed by atoms with van der Waals surface area (Å²) in [7, 11) is 0. The molecule has 4 rings (SSSR count). The van der Waals surface area contributed by atoms with Gasteiger partial charge in [0.1, 0.15) is 5.75 Å². The summed E-state index contributed by atoms with van der Waals surface area (Å²) in [5, 5.41) is 6.37. The molecule has 1 atom stereocenters. The van der Waals surface area contributed by atoms with Crippen LogP contribution in [0.2, 0.25) is 5.02 Å². The Morgan fingerprint density at radius 3 is 2.35 bits per heavy atom. The fourth-order valence-electron chi connectivity index (χ4n) is 3.87. The Hall–Kier alpha value is -3.51. The van der Waals surface area contributed by atoms with E-state index >= 15 is 0 Å². The summed E-state index contributed by atoms with van der Waals surface area (Å²) in [4.78, 5) is 27.2. The summed E-state index contributed by atoms with van der Waals surface area (Å²) in [6.45, 7) is 6.81. The first-order valence-corrected chi connectivity index (χ1v) is 11.7. The first-order valence-electron chi connectivity index (χ1n) is 11.3. The van der Waals surface area contributed by atoms with Crippen LogP contribution in [0.25, 0.3) is 0 Å². The summed E-state index contributed by atoms with van der Waals surface area (Å²) in [5.74, 6) is 0.969. The molecule has 3 amide bonds. The van der Waals surface area contributed by atoms with Gasteiger partial charge in [0, 0.05) is 35.1 Å². The third kappa shape index (κ3) is 5.69. The van der Waals surface area contributed by atoms with Crippen LogP contribution in [-0.4, -0.2) is 22.9 Å². The van der Waals surface area contributed by atoms with E-state index in [1.54, 1.807) is 24.0 Å². The number of amides is 3. The van der Waals surface area contributed by atoms with E-state index in [0.717, 1.165) is 11.1 Å². The highest BCUT2D eigenvalue weighted by atomic mass is 35.5. The number of carbonyl (C=O) groups excluding carboxylic acids is 2. The predicted octanol–water partition coefficient (Wildman–Crippen LogP) is 6.42. The van der Waals surface area contributed by atoms with Gasteiger partial charge in [-0.2, -0.15) is 0 Å². The Bertz CT molecular complexity index is 1180. The van der Waals surface area contributed by atoms with Crippen molar-refractivity contribution >= 4 is 34.9 Å². The number of benzene rings is 3. The minimum absolute atomic E-state index is 0.0942. The van der Waals surface area contributed by atoms with Crippen molar-refractivity contribution in [1.82, 2.24) is 4.90 Å². The van der Waals surface area contributed by atoms with Crippen LogP contribution in [-0.2, 0) is 17.9 Å². The molecule has 0 saturated heterocycles. The number of rotatable bonds is 5. The number of fused-ring (bicyclic) bond motifs is 1. The summed E-state index contributed by atoms with van der Waals surface area (Å²) in [5.41, 5.74) is 4.35. The van der Waals surface area contributed by atoms with Crippen LogP contribution in [0, 0.1) is 0 Å². The molecule has 1 aliphatic rings. The number of hydrogen-bond donors (Lipinski definition) is 2. The smallest absolute Gasteiger partial charge is 0.323 e. The molecule has 1 aliphatic heterocycles. The van der Waals surface area contributed by atoms with Crippen molar-refractivity contribution in [3.8, 4) is 5.75 Å². The van der Waals surface area contributed by atoms with Crippen LogP contribution in [0.5, 0.6) is 5.75 Å². The molecule has 3 aromatic carbocycles. The quantitative estimate of drug-likeness (QED) is 0.445. The Kier molecular flexibility index (Phi) is 7.08. The van der Waals surface area contributed by atoms with E-state index in [0.29, 0.717) is 41.2 Å². The summed E-state index contributed by atoms with van der Waals surface area (Å²) < 4.78 is 5.90.